The maximum atomic E-state index is 11.6. The minimum absolute atomic E-state index is 0.330. The van der Waals surface area contributed by atoms with E-state index in [1.165, 1.54) is 0 Å². The lowest BCUT2D eigenvalue weighted by molar-refractivity contribution is 0.196. The molecule has 0 saturated carbocycles. The molecule has 0 aromatic carbocycles. The van der Waals surface area contributed by atoms with Gasteiger partial charge in [0, 0.05) is 12.6 Å². The molecule has 114 valence electrons. The molecule has 8 heteroatoms. The zero-order valence-corrected chi connectivity index (χ0v) is 12.2. The van der Waals surface area contributed by atoms with Crippen molar-refractivity contribution in [1.29, 1.82) is 0 Å². The van der Waals surface area contributed by atoms with Crippen molar-refractivity contribution in [2.45, 2.75) is 26.9 Å². The number of rotatable bonds is 5. The number of aliphatic hydroxyl groups is 1. The summed E-state index contributed by atoms with van der Waals surface area (Å²) in [7, 11) is 0. The summed E-state index contributed by atoms with van der Waals surface area (Å²) >= 11 is 0. The second-order valence-corrected chi connectivity index (χ2v) is 4.44. The maximum Gasteiger partial charge on any atom is 0.320 e. The molecule has 0 unspecified atom stereocenters. The van der Waals surface area contributed by atoms with Gasteiger partial charge in [0.2, 0.25) is 5.88 Å². The number of hydrogen-bond donors (Lipinski definition) is 4. The number of carbonyl (C=O) groups is 1. The Hall–Kier alpha value is -2.35. The molecule has 2 amide bonds. The van der Waals surface area contributed by atoms with Crippen molar-refractivity contribution in [3.63, 3.8) is 0 Å². The fourth-order valence-electron chi connectivity index (χ4n) is 1.97. The van der Waals surface area contributed by atoms with Crippen LogP contribution in [-0.2, 0) is 0 Å². The molecule has 4 N–H and O–H groups in total. The third-order valence-electron chi connectivity index (χ3n) is 2.79. The number of hydrogen-bond acceptors (Lipinski definition) is 5. The molecule has 0 aliphatic rings. The summed E-state index contributed by atoms with van der Waals surface area (Å²) in [5.74, 6) is 0.719. The second kappa shape index (κ2) is 6.40. The first kappa shape index (κ1) is 15.0. The van der Waals surface area contributed by atoms with Gasteiger partial charge in [0.25, 0.3) is 0 Å². The number of pyridine rings is 1. The Bertz CT molecular complexity index is 638. The Morgan fingerprint density at radius 2 is 2.29 bits per heavy atom. The molecule has 0 bridgehead atoms. The van der Waals surface area contributed by atoms with Crippen molar-refractivity contribution in [2.24, 2.45) is 0 Å². The number of nitrogens with one attached hydrogen (secondary N) is 3. The van der Waals surface area contributed by atoms with Crippen LogP contribution < -0.4 is 15.4 Å². The van der Waals surface area contributed by atoms with Gasteiger partial charge in [-0.1, -0.05) is 0 Å². The van der Waals surface area contributed by atoms with Crippen molar-refractivity contribution in [3.05, 3.63) is 11.8 Å². The quantitative estimate of drug-likeness (QED) is 0.668. The SMILES string of the molecule is CCNC(=O)Nc1cc2[nH]nc(OCC)c2c([C@@H](C)O)n1. The van der Waals surface area contributed by atoms with E-state index in [1.54, 1.807) is 13.0 Å². The van der Waals surface area contributed by atoms with Crippen molar-refractivity contribution in [1.82, 2.24) is 20.5 Å². The number of H-pyrrole nitrogens is 1. The molecule has 2 aromatic rings. The van der Waals surface area contributed by atoms with Crippen LogP contribution in [0.1, 0.15) is 32.6 Å². The third-order valence-corrected chi connectivity index (χ3v) is 2.79. The van der Waals surface area contributed by atoms with E-state index in [0.29, 0.717) is 41.4 Å². The van der Waals surface area contributed by atoms with E-state index in [2.05, 4.69) is 25.8 Å². The van der Waals surface area contributed by atoms with E-state index in [0.717, 1.165) is 0 Å². The number of aromatic amines is 1. The van der Waals surface area contributed by atoms with Gasteiger partial charge >= 0.3 is 6.03 Å². The van der Waals surface area contributed by atoms with Gasteiger partial charge in [0.1, 0.15) is 5.82 Å². The first-order chi connectivity index (χ1) is 10.1. The summed E-state index contributed by atoms with van der Waals surface area (Å²) < 4.78 is 5.42. The number of amides is 2. The van der Waals surface area contributed by atoms with Gasteiger partial charge in [0.05, 0.1) is 29.3 Å². The molecule has 0 saturated heterocycles. The smallest absolute Gasteiger partial charge is 0.320 e. The van der Waals surface area contributed by atoms with Gasteiger partial charge in [-0.2, -0.15) is 0 Å². The second-order valence-electron chi connectivity index (χ2n) is 4.44. The van der Waals surface area contributed by atoms with Crippen LogP contribution in [0.5, 0.6) is 5.88 Å². The van der Waals surface area contributed by atoms with E-state index in [-0.39, 0.29) is 6.03 Å². The van der Waals surface area contributed by atoms with Gasteiger partial charge < -0.3 is 15.2 Å². The van der Waals surface area contributed by atoms with Crippen molar-refractivity contribution >= 4 is 22.8 Å². The first-order valence-electron chi connectivity index (χ1n) is 6.81. The van der Waals surface area contributed by atoms with Crippen LogP contribution in [0, 0.1) is 0 Å². The molecule has 8 nitrogen and oxygen atoms in total. The van der Waals surface area contributed by atoms with Crippen LogP contribution >= 0.6 is 0 Å². The Kier molecular flexibility index (Phi) is 4.59. The van der Waals surface area contributed by atoms with Gasteiger partial charge in [-0.15, -0.1) is 5.10 Å². The lowest BCUT2D eigenvalue weighted by atomic mass is 10.1. The standard InChI is InChI=1S/C13H19N5O3/c1-4-14-13(20)16-9-6-8-10(11(15-9)7(3)19)12(18-17-8)21-5-2/h6-7,19H,4-5H2,1-3H3,(H,17,18)(H2,14,15,16,20)/t7-/m1/s1. The molecule has 2 rings (SSSR count). The number of carbonyl (C=O) groups excluding carboxylic acids is 1. The number of anilines is 1. The van der Waals surface area contributed by atoms with Crippen LogP contribution in [-0.4, -0.2) is 39.5 Å². The fraction of sp³-hybridized carbons (Fsp3) is 0.462. The predicted molar refractivity (Wildman–Crippen MR) is 78.4 cm³/mol. The minimum Gasteiger partial charge on any atom is -0.476 e. The van der Waals surface area contributed by atoms with Crippen molar-refractivity contribution in [3.8, 4) is 5.88 Å². The van der Waals surface area contributed by atoms with Gasteiger partial charge in [-0.3, -0.25) is 10.4 Å². The molecule has 0 fully saturated rings. The van der Waals surface area contributed by atoms with E-state index in [9.17, 15) is 9.90 Å². The highest BCUT2D eigenvalue weighted by molar-refractivity contribution is 5.93. The number of nitrogens with zero attached hydrogens (tertiary/aromatic N) is 2. The highest BCUT2D eigenvalue weighted by Crippen LogP contribution is 2.31. The van der Waals surface area contributed by atoms with Crippen molar-refractivity contribution < 1.29 is 14.6 Å². The fourth-order valence-corrected chi connectivity index (χ4v) is 1.97. The molecule has 2 aromatic heterocycles. The number of aliphatic hydroxyl groups excluding tert-OH is 1. The highest BCUT2D eigenvalue weighted by atomic mass is 16.5. The Morgan fingerprint density at radius 1 is 1.52 bits per heavy atom. The largest absolute Gasteiger partial charge is 0.476 e. The van der Waals surface area contributed by atoms with Gasteiger partial charge in [-0.05, 0) is 20.8 Å². The van der Waals surface area contributed by atoms with Crippen LogP contribution in [0.25, 0.3) is 10.9 Å². The van der Waals surface area contributed by atoms with E-state index < -0.39 is 6.10 Å². The van der Waals surface area contributed by atoms with Crippen LogP contribution in [0.4, 0.5) is 10.6 Å². The highest BCUT2D eigenvalue weighted by Gasteiger charge is 2.18. The lowest BCUT2D eigenvalue weighted by Crippen LogP contribution is -2.28. The number of urea groups is 1. The van der Waals surface area contributed by atoms with Crippen LogP contribution in [0.15, 0.2) is 6.07 Å². The van der Waals surface area contributed by atoms with Gasteiger partial charge in [-0.25, -0.2) is 9.78 Å². The molecule has 0 aliphatic carbocycles. The summed E-state index contributed by atoms with van der Waals surface area (Å²) in [5, 5.41) is 22.6. The zero-order valence-electron chi connectivity index (χ0n) is 12.2. The average Bonchev–Trinajstić information content (AvgIpc) is 2.81. The molecular weight excluding hydrogens is 274 g/mol. The summed E-state index contributed by atoms with van der Waals surface area (Å²) in [5.41, 5.74) is 1.03. The first-order valence-corrected chi connectivity index (χ1v) is 6.81. The topological polar surface area (TPSA) is 112 Å². The molecule has 0 aliphatic heterocycles. The summed E-state index contributed by atoms with van der Waals surface area (Å²) in [6.45, 7) is 6.23. The Labute approximate surface area is 121 Å². The molecule has 1 atom stereocenters. The summed E-state index contributed by atoms with van der Waals surface area (Å²) in [4.78, 5) is 15.8. The summed E-state index contributed by atoms with van der Waals surface area (Å²) in [6, 6.07) is 1.29. The normalized spacial score (nSPS) is 12.2. The van der Waals surface area contributed by atoms with E-state index >= 15 is 0 Å². The zero-order chi connectivity index (χ0) is 15.4. The van der Waals surface area contributed by atoms with E-state index in [1.807, 2.05) is 13.8 Å². The van der Waals surface area contributed by atoms with E-state index in [4.69, 9.17) is 4.74 Å². The number of fused-ring (bicyclic) bond motifs is 1. The monoisotopic (exact) mass is 293 g/mol. The van der Waals surface area contributed by atoms with Crippen LogP contribution in [0.2, 0.25) is 0 Å². The molecule has 2 heterocycles. The van der Waals surface area contributed by atoms with Crippen molar-refractivity contribution in [2.75, 3.05) is 18.5 Å². The Morgan fingerprint density at radius 3 is 2.90 bits per heavy atom. The van der Waals surface area contributed by atoms with Crippen LogP contribution in [0.3, 0.4) is 0 Å². The minimum atomic E-state index is -0.819. The average molecular weight is 293 g/mol. The predicted octanol–water partition coefficient (Wildman–Crippen LogP) is 1.55. The van der Waals surface area contributed by atoms with Gasteiger partial charge in [0.15, 0.2) is 0 Å². The number of ether oxygens (including phenoxy) is 1. The lowest BCUT2D eigenvalue weighted by Gasteiger charge is -2.11. The molecule has 0 spiro atoms. The summed E-state index contributed by atoms with van der Waals surface area (Å²) in [6.07, 6.45) is -0.819. The number of aromatic nitrogens is 3. The molecule has 0 radical (unpaired) electrons. The Balaban J connectivity index is 2.45. The third kappa shape index (κ3) is 3.22. The maximum absolute atomic E-state index is 11.6. The molecule has 21 heavy (non-hydrogen) atoms. The molecular formula is C13H19N5O3.